The van der Waals surface area contributed by atoms with Crippen molar-refractivity contribution in [3.63, 3.8) is 0 Å². The second-order valence-corrected chi connectivity index (χ2v) is 5.24. The van der Waals surface area contributed by atoms with Crippen LogP contribution in [0.1, 0.15) is 41.5 Å². The van der Waals surface area contributed by atoms with E-state index in [9.17, 15) is 4.79 Å². The van der Waals surface area contributed by atoms with E-state index in [1.807, 2.05) is 41.5 Å². The largest absolute Gasteiger partial charge is 0.377 e. The molecule has 0 amide bonds. The number of hydrogen-bond acceptors (Lipinski definition) is 2. The van der Waals surface area contributed by atoms with Crippen molar-refractivity contribution in [1.82, 2.24) is 5.32 Å². The first-order valence-electron chi connectivity index (χ1n) is 5.61. The van der Waals surface area contributed by atoms with Gasteiger partial charge < -0.3 is 5.32 Å². The molecule has 0 radical (unpaired) electrons. The molecular weight excluding hydrogens is 206 g/mol. The van der Waals surface area contributed by atoms with Crippen LogP contribution in [0.15, 0.2) is 0 Å². The van der Waals surface area contributed by atoms with Crippen LogP contribution in [0.4, 0.5) is 0 Å². The fourth-order valence-electron chi connectivity index (χ4n) is 1.42. The van der Waals surface area contributed by atoms with Crippen LogP contribution in [-0.2, 0) is 4.79 Å². The molecule has 0 aliphatic heterocycles. The number of nitrogens with one attached hydrogen (secondary N) is 1. The molecule has 0 bridgehead atoms. The first kappa shape index (κ1) is 14.6. The molecule has 3 heteroatoms. The van der Waals surface area contributed by atoms with Crippen molar-refractivity contribution in [3.05, 3.63) is 0 Å². The molecule has 88 valence electrons. The van der Waals surface area contributed by atoms with E-state index in [2.05, 4.69) is 5.32 Å². The third kappa shape index (κ3) is 4.74. The Hall–Kier alpha value is -0.440. The van der Waals surface area contributed by atoms with Gasteiger partial charge in [0.2, 0.25) is 0 Å². The Bertz CT molecular complexity index is 236. The van der Waals surface area contributed by atoms with Crippen LogP contribution in [0.25, 0.3) is 0 Å². The van der Waals surface area contributed by atoms with Crippen molar-refractivity contribution in [2.24, 2.45) is 17.8 Å². The maximum Gasteiger partial charge on any atom is 0.138 e. The van der Waals surface area contributed by atoms with Gasteiger partial charge in [0.25, 0.3) is 0 Å². The topological polar surface area (TPSA) is 29.1 Å². The van der Waals surface area contributed by atoms with Crippen molar-refractivity contribution >= 4 is 23.0 Å². The summed E-state index contributed by atoms with van der Waals surface area (Å²) in [6.07, 6.45) is 0. The number of thiocarbonyl (C=S) groups is 1. The van der Waals surface area contributed by atoms with Gasteiger partial charge in [0, 0.05) is 23.8 Å². The van der Waals surface area contributed by atoms with Crippen LogP contribution in [0, 0.1) is 17.8 Å². The highest BCUT2D eigenvalue weighted by molar-refractivity contribution is 7.80. The summed E-state index contributed by atoms with van der Waals surface area (Å²) in [5.41, 5.74) is 0. The average molecular weight is 229 g/mol. The zero-order chi connectivity index (χ0) is 12.2. The van der Waals surface area contributed by atoms with Crippen LogP contribution in [0.2, 0.25) is 0 Å². The van der Waals surface area contributed by atoms with Crippen LogP contribution >= 0.6 is 12.2 Å². The Labute approximate surface area is 98.8 Å². The van der Waals surface area contributed by atoms with E-state index >= 15 is 0 Å². The Morgan fingerprint density at radius 3 is 1.80 bits per heavy atom. The predicted molar refractivity (Wildman–Crippen MR) is 69.0 cm³/mol. The normalized spacial score (nSPS) is 15.2. The Morgan fingerprint density at radius 2 is 1.47 bits per heavy atom. The zero-order valence-corrected chi connectivity index (χ0v) is 11.4. The monoisotopic (exact) mass is 229 g/mol. The minimum absolute atomic E-state index is 0.00347. The maximum atomic E-state index is 11.8. The summed E-state index contributed by atoms with van der Waals surface area (Å²) in [6, 6.07) is 0.335. The van der Waals surface area contributed by atoms with Gasteiger partial charge >= 0.3 is 0 Å². The lowest BCUT2D eigenvalue weighted by molar-refractivity contribution is -0.126. The van der Waals surface area contributed by atoms with Gasteiger partial charge in [0.15, 0.2) is 0 Å². The van der Waals surface area contributed by atoms with Crippen molar-refractivity contribution in [2.45, 2.75) is 47.6 Å². The molecule has 2 nitrogen and oxygen atoms in total. The zero-order valence-electron chi connectivity index (χ0n) is 10.6. The first-order chi connectivity index (χ1) is 6.77. The van der Waals surface area contributed by atoms with Crippen molar-refractivity contribution in [1.29, 1.82) is 0 Å². The Morgan fingerprint density at radius 1 is 1.00 bits per heavy atom. The summed E-state index contributed by atoms with van der Waals surface area (Å²) in [5, 5.41) is 3.20. The minimum atomic E-state index is 0.00347. The van der Waals surface area contributed by atoms with Gasteiger partial charge in [-0.2, -0.15) is 0 Å². The summed E-state index contributed by atoms with van der Waals surface area (Å²) in [6.45, 7) is 11.9. The summed E-state index contributed by atoms with van der Waals surface area (Å²) < 4.78 is 0. The number of Topliss-reactive ketones (excluding diaryl/α,β-unsaturated/α-hetero) is 1. The molecule has 0 aromatic heterocycles. The van der Waals surface area contributed by atoms with E-state index in [0.717, 1.165) is 4.99 Å². The summed E-state index contributed by atoms with van der Waals surface area (Å²) >= 11 is 5.27. The number of hydrogen-bond donors (Lipinski definition) is 1. The molecule has 2 unspecified atom stereocenters. The highest BCUT2D eigenvalue weighted by Gasteiger charge is 2.25. The molecule has 0 saturated heterocycles. The highest BCUT2D eigenvalue weighted by Crippen LogP contribution is 2.17. The van der Waals surface area contributed by atoms with E-state index in [1.165, 1.54) is 0 Å². The van der Waals surface area contributed by atoms with Gasteiger partial charge in [0.05, 0.1) is 4.99 Å². The average Bonchev–Trinajstić information content (AvgIpc) is 2.13. The summed E-state index contributed by atoms with van der Waals surface area (Å²) in [4.78, 5) is 12.6. The smallest absolute Gasteiger partial charge is 0.138 e. The molecule has 0 heterocycles. The fraction of sp³-hybridized carbons (Fsp3) is 0.833. The molecule has 15 heavy (non-hydrogen) atoms. The van der Waals surface area contributed by atoms with Gasteiger partial charge in [0.1, 0.15) is 5.78 Å². The molecular formula is C12H23NOS. The predicted octanol–water partition coefficient (Wildman–Crippen LogP) is 2.81. The Balaban J connectivity index is 4.37. The van der Waals surface area contributed by atoms with Crippen molar-refractivity contribution in [3.8, 4) is 0 Å². The molecule has 0 fully saturated rings. The molecule has 0 aliphatic rings. The molecule has 0 aromatic rings. The van der Waals surface area contributed by atoms with Crippen molar-refractivity contribution in [2.75, 3.05) is 0 Å². The molecule has 2 atom stereocenters. The number of carbonyl (C=O) groups is 1. The standard InChI is InChI=1S/C12H23NOS/c1-7(2)11(14)9(5)10(6)12(15)13-8(3)4/h7-10H,1-6H3,(H,13,15). The van der Waals surface area contributed by atoms with E-state index in [4.69, 9.17) is 12.2 Å². The van der Waals surface area contributed by atoms with Gasteiger partial charge in [-0.15, -0.1) is 0 Å². The highest BCUT2D eigenvalue weighted by atomic mass is 32.1. The molecule has 0 spiro atoms. The number of carbonyl (C=O) groups excluding carboxylic acids is 1. The Kier molecular flexibility index (Phi) is 6.03. The van der Waals surface area contributed by atoms with Crippen LogP contribution < -0.4 is 5.32 Å². The molecule has 0 saturated carbocycles. The third-order valence-electron chi connectivity index (χ3n) is 2.61. The number of rotatable bonds is 5. The second kappa shape index (κ2) is 6.21. The van der Waals surface area contributed by atoms with Gasteiger partial charge in [-0.25, -0.2) is 0 Å². The fourth-order valence-corrected chi connectivity index (χ4v) is 1.86. The van der Waals surface area contributed by atoms with Crippen LogP contribution in [0.5, 0.6) is 0 Å². The molecule has 0 aromatic carbocycles. The van der Waals surface area contributed by atoms with E-state index < -0.39 is 0 Å². The van der Waals surface area contributed by atoms with Gasteiger partial charge in [-0.3, -0.25) is 4.79 Å². The summed E-state index contributed by atoms with van der Waals surface area (Å²) in [5.74, 6) is 0.501. The quantitative estimate of drug-likeness (QED) is 0.735. The lowest BCUT2D eigenvalue weighted by atomic mass is 9.86. The van der Waals surface area contributed by atoms with Crippen LogP contribution in [-0.4, -0.2) is 16.8 Å². The molecule has 0 aliphatic carbocycles. The van der Waals surface area contributed by atoms with Gasteiger partial charge in [-0.1, -0.05) is 39.9 Å². The summed E-state index contributed by atoms with van der Waals surface area (Å²) in [7, 11) is 0. The molecule has 1 N–H and O–H groups in total. The SMILES string of the molecule is CC(C)NC(=S)C(C)C(C)C(=O)C(C)C. The first-order valence-corrected chi connectivity index (χ1v) is 6.02. The lowest BCUT2D eigenvalue weighted by Gasteiger charge is -2.23. The van der Waals surface area contributed by atoms with E-state index in [-0.39, 0.29) is 23.5 Å². The maximum absolute atomic E-state index is 11.8. The van der Waals surface area contributed by atoms with Crippen LogP contribution in [0.3, 0.4) is 0 Å². The van der Waals surface area contributed by atoms with Crippen molar-refractivity contribution < 1.29 is 4.79 Å². The second-order valence-electron chi connectivity index (χ2n) is 4.80. The lowest BCUT2D eigenvalue weighted by Crippen LogP contribution is -2.38. The van der Waals surface area contributed by atoms with E-state index in [0.29, 0.717) is 6.04 Å². The molecule has 0 rings (SSSR count). The van der Waals surface area contributed by atoms with E-state index in [1.54, 1.807) is 0 Å². The third-order valence-corrected chi connectivity index (χ3v) is 3.10. The van der Waals surface area contributed by atoms with Gasteiger partial charge in [-0.05, 0) is 13.8 Å². The number of ketones is 1. The minimum Gasteiger partial charge on any atom is -0.377 e.